The van der Waals surface area contributed by atoms with Crippen molar-refractivity contribution in [3.8, 4) is 5.75 Å². The lowest BCUT2D eigenvalue weighted by Crippen LogP contribution is -2.47. The highest BCUT2D eigenvalue weighted by Gasteiger charge is 2.44. The summed E-state index contributed by atoms with van der Waals surface area (Å²) in [5.41, 5.74) is 0.309. The molecule has 1 fully saturated rings. The second-order valence-electron chi connectivity index (χ2n) is 6.77. The summed E-state index contributed by atoms with van der Waals surface area (Å²) in [6.07, 6.45) is 3.55. The van der Waals surface area contributed by atoms with Gasteiger partial charge >= 0.3 is 0 Å². The summed E-state index contributed by atoms with van der Waals surface area (Å²) in [5, 5.41) is 14.8. The molecule has 2 aromatic carbocycles. The Morgan fingerprint density at radius 3 is 2.42 bits per heavy atom. The normalized spacial score (nSPS) is 21.7. The van der Waals surface area contributed by atoms with Crippen LogP contribution in [0.2, 0.25) is 0 Å². The van der Waals surface area contributed by atoms with Gasteiger partial charge in [-0.05, 0) is 54.8 Å². The third-order valence-corrected chi connectivity index (χ3v) is 5.56. The Labute approximate surface area is 162 Å². The molecule has 1 aliphatic carbocycles. The van der Waals surface area contributed by atoms with E-state index in [1.807, 2.05) is 48.5 Å². The zero-order chi connectivity index (χ0) is 18.6. The first kappa shape index (κ1) is 18.9. The summed E-state index contributed by atoms with van der Waals surface area (Å²) in [4.78, 5) is 12.8. The smallest absolute Gasteiger partial charge is 0.166 e. The molecule has 0 aromatic heterocycles. The van der Waals surface area contributed by atoms with E-state index >= 15 is 0 Å². The van der Waals surface area contributed by atoms with Gasteiger partial charge in [0.15, 0.2) is 5.78 Å². The second-order valence-corrected chi connectivity index (χ2v) is 7.68. The lowest BCUT2D eigenvalue weighted by atomic mass is 9.81. The van der Waals surface area contributed by atoms with Gasteiger partial charge in [-0.3, -0.25) is 4.79 Å². The van der Waals surface area contributed by atoms with Crippen LogP contribution in [0, 0.1) is 0 Å². The molecule has 26 heavy (non-hydrogen) atoms. The Morgan fingerprint density at radius 1 is 1.08 bits per heavy atom. The molecule has 0 heterocycles. The van der Waals surface area contributed by atoms with Crippen LogP contribution in [0.4, 0.5) is 5.69 Å². The largest absolute Gasteiger partial charge is 0.497 e. The van der Waals surface area contributed by atoms with Crippen molar-refractivity contribution in [2.75, 3.05) is 12.4 Å². The quantitative estimate of drug-likeness (QED) is 0.680. The number of Topliss-reactive ketones (excluding diaryl/α,β-unsaturated/α-hetero) is 1. The van der Waals surface area contributed by atoms with Gasteiger partial charge in [-0.1, -0.05) is 40.9 Å². The van der Waals surface area contributed by atoms with Crippen LogP contribution in [-0.4, -0.2) is 23.6 Å². The van der Waals surface area contributed by atoms with Crippen molar-refractivity contribution < 1.29 is 14.6 Å². The minimum absolute atomic E-state index is 0.0829. The topological polar surface area (TPSA) is 58.6 Å². The molecular formula is C21H24BrNO3. The molecule has 2 unspecified atom stereocenters. The maximum absolute atomic E-state index is 12.8. The van der Waals surface area contributed by atoms with Gasteiger partial charge in [0.25, 0.3) is 0 Å². The number of nitrogens with one attached hydrogen (secondary N) is 1. The molecule has 2 N–H and O–H groups in total. The number of rotatable bonds is 5. The van der Waals surface area contributed by atoms with Gasteiger partial charge in [0, 0.05) is 16.6 Å². The van der Waals surface area contributed by atoms with Crippen LogP contribution in [0.3, 0.4) is 0 Å². The van der Waals surface area contributed by atoms with Crippen LogP contribution < -0.4 is 10.1 Å². The number of anilines is 1. The van der Waals surface area contributed by atoms with E-state index in [0.29, 0.717) is 12.8 Å². The monoisotopic (exact) mass is 417 g/mol. The number of benzene rings is 2. The standard InChI is InChI=1S/C21H24BrNO3/c1-26-18-12-6-15(7-13-18)20(23-17-10-8-16(22)9-11-17)21(25)14-4-2-3-5-19(21)24/h6-13,20,23,25H,2-5,14H2,1H3. The van der Waals surface area contributed by atoms with E-state index in [2.05, 4.69) is 21.2 Å². The SMILES string of the molecule is COc1ccc(C(Nc2ccc(Br)cc2)C2(O)CCCCCC2=O)cc1. The lowest BCUT2D eigenvalue weighted by Gasteiger charge is -2.36. The number of carbonyl (C=O) groups is 1. The van der Waals surface area contributed by atoms with Crippen molar-refractivity contribution >= 4 is 27.4 Å². The predicted octanol–water partition coefficient (Wildman–Crippen LogP) is 4.88. The van der Waals surface area contributed by atoms with Crippen molar-refractivity contribution in [2.45, 2.75) is 43.7 Å². The molecule has 0 saturated heterocycles. The fourth-order valence-corrected chi connectivity index (χ4v) is 3.77. The number of carbonyl (C=O) groups excluding carboxylic acids is 1. The minimum atomic E-state index is -1.42. The molecule has 3 rings (SSSR count). The van der Waals surface area contributed by atoms with Gasteiger partial charge in [-0.15, -0.1) is 0 Å². The van der Waals surface area contributed by atoms with Gasteiger partial charge in [-0.25, -0.2) is 0 Å². The number of ketones is 1. The molecule has 2 atom stereocenters. The first-order chi connectivity index (χ1) is 12.5. The maximum atomic E-state index is 12.8. The average Bonchev–Trinajstić information content (AvgIpc) is 2.83. The van der Waals surface area contributed by atoms with Crippen molar-refractivity contribution in [3.63, 3.8) is 0 Å². The van der Waals surface area contributed by atoms with Crippen LogP contribution in [-0.2, 0) is 4.79 Å². The number of aliphatic hydroxyl groups is 1. The molecule has 0 radical (unpaired) electrons. The van der Waals surface area contributed by atoms with E-state index in [0.717, 1.165) is 40.7 Å². The van der Waals surface area contributed by atoms with Crippen molar-refractivity contribution in [1.82, 2.24) is 0 Å². The van der Waals surface area contributed by atoms with Crippen LogP contribution in [0.5, 0.6) is 5.75 Å². The highest BCUT2D eigenvalue weighted by atomic mass is 79.9. The number of hydrogen-bond donors (Lipinski definition) is 2. The fourth-order valence-electron chi connectivity index (χ4n) is 3.51. The zero-order valence-corrected chi connectivity index (χ0v) is 16.5. The highest BCUT2D eigenvalue weighted by molar-refractivity contribution is 9.10. The average molecular weight is 418 g/mol. The third-order valence-electron chi connectivity index (χ3n) is 5.03. The third kappa shape index (κ3) is 4.10. The Hall–Kier alpha value is -1.85. The molecule has 5 heteroatoms. The molecule has 1 saturated carbocycles. The first-order valence-electron chi connectivity index (χ1n) is 8.94. The summed E-state index contributed by atoms with van der Waals surface area (Å²) in [7, 11) is 1.62. The van der Waals surface area contributed by atoms with E-state index in [1.165, 1.54) is 0 Å². The molecule has 0 bridgehead atoms. The minimum Gasteiger partial charge on any atom is -0.497 e. The van der Waals surface area contributed by atoms with Crippen LogP contribution in [0.1, 0.15) is 43.7 Å². The Balaban J connectivity index is 1.99. The molecule has 4 nitrogen and oxygen atoms in total. The van der Waals surface area contributed by atoms with Crippen LogP contribution >= 0.6 is 15.9 Å². The lowest BCUT2D eigenvalue weighted by molar-refractivity contribution is -0.139. The van der Waals surface area contributed by atoms with Crippen molar-refractivity contribution in [2.24, 2.45) is 0 Å². The molecule has 0 aliphatic heterocycles. The summed E-state index contributed by atoms with van der Waals surface area (Å²) in [5.74, 6) is 0.663. The molecule has 0 amide bonds. The van der Waals surface area contributed by atoms with Gasteiger partial charge in [0.1, 0.15) is 11.4 Å². The maximum Gasteiger partial charge on any atom is 0.166 e. The highest BCUT2D eigenvalue weighted by Crippen LogP contribution is 2.38. The molecule has 2 aromatic rings. The summed E-state index contributed by atoms with van der Waals surface area (Å²) >= 11 is 3.43. The van der Waals surface area contributed by atoms with E-state index in [4.69, 9.17) is 4.74 Å². The van der Waals surface area contributed by atoms with Crippen LogP contribution in [0.25, 0.3) is 0 Å². The number of methoxy groups -OCH3 is 1. The predicted molar refractivity (Wildman–Crippen MR) is 107 cm³/mol. The van der Waals surface area contributed by atoms with E-state index < -0.39 is 11.6 Å². The molecule has 1 aliphatic rings. The number of halogens is 1. The molecule has 0 spiro atoms. The van der Waals surface area contributed by atoms with E-state index in [1.54, 1.807) is 7.11 Å². The zero-order valence-electron chi connectivity index (χ0n) is 14.9. The van der Waals surface area contributed by atoms with Gasteiger partial charge in [0.2, 0.25) is 0 Å². The van der Waals surface area contributed by atoms with Crippen LogP contribution in [0.15, 0.2) is 53.0 Å². The fraction of sp³-hybridized carbons (Fsp3) is 0.381. The molecular weight excluding hydrogens is 394 g/mol. The summed E-state index contributed by atoms with van der Waals surface area (Å²) in [6.45, 7) is 0. The first-order valence-corrected chi connectivity index (χ1v) is 9.74. The Morgan fingerprint density at radius 2 is 1.77 bits per heavy atom. The Kier molecular flexibility index (Phi) is 5.99. The second kappa shape index (κ2) is 8.23. The Bertz CT molecular complexity index is 745. The number of hydrogen-bond acceptors (Lipinski definition) is 4. The molecule has 138 valence electrons. The van der Waals surface area contributed by atoms with E-state index in [9.17, 15) is 9.90 Å². The van der Waals surface area contributed by atoms with Gasteiger partial charge < -0.3 is 15.2 Å². The van der Waals surface area contributed by atoms with E-state index in [-0.39, 0.29) is 5.78 Å². The summed E-state index contributed by atoms with van der Waals surface area (Å²) in [6, 6.07) is 14.8. The van der Waals surface area contributed by atoms with Gasteiger partial charge in [-0.2, -0.15) is 0 Å². The number of ether oxygens (including phenoxy) is 1. The van der Waals surface area contributed by atoms with Crippen molar-refractivity contribution in [1.29, 1.82) is 0 Å². The van der Waals surface area contributed by atoms with Crippen molar-refractivity contribution in [3.05, 3.63) is 58.6 Å². The summed E-state index contributed by atoms with van der Waals surface area (Å²) < 4.78 is 6.22. The van der Waals surface area contributed by atoms with Gasteiger partial charge in [0.05, 0.1) is 13.2 Å².